The molecule has 0 spiro atoms. The SMILES string of the molecule is CN(CCCCCCN(C)C(=O)CC[N+]1(C)CCCCC1)C(=O)CC[N+]1(C)CCCCC1. The zero-order valence-electron chi connectivity index (χ0n) is 21.7. The molecule has 6 heteroatoms. The van der Waals surface area contributed by atoms with Gasteiger partial charge in [-0.2, -0.15) is 0 Å². The van der Waals surface area contributed by atoms with E-state index in [0.29, 0.717) is 24.7 Å². The van der Waals surface area contributed by atoms with Crippen LogP contribution in [0.2, 0.25) is 0 Å². The van der Waals surface area contributed by atoms with Crippen LogP contribution in [0.1, 0.15) is 77.0 Å². The van der Waals surface area contributed by atoms with Crippen molar-refractivity contribution in [2.75, 3.05) is 80.5 Å². The Balaban J connectivity index is 1.49. The second kappa shape index (κ2) is 13.5. The molecule has 2 aliphatic rings. The molecular weight excluding hydrogens is 400 g/mol. The summed E-state index contributed by atoms with van der Waals surface area (Å²) in [7, 11) is 8.53. The van der Waals surface area contributed by atoms with Gasteiger partial charge in [0.25, 0.3) is 0 Å². The Kier molecular flexibility index (Phi) is 11.5. The Bertz CT molecular complexity index is 518. The van der Waals surface area contributed by atoms with E-state index in [0.717, 1.165) is 60.8 Å². The molecule has 0 radical (unpaired) electrons. The van der Waals surface area contributed by atoms with Crippen molar-refractivity contribution in [1.29, 1.82) is 0 Å². The van der Waals surface area contributed by atoms with Crippen LogP contribution < -0.4 is 0 Å². The number of hydrogen-bond acceptors (Lipinski definition) is 2. The number of carbonyl (C=O) groups excluding carboxylic acids is 2. The fraction of sp³-hybridized carbons (Fsp3) is 0.923. The summed E-state index contributed by atoms with van der Waals surface area (Å²) in [6.07, 6.45) is 13.7. The lowest BCUT2D eigenvalue weighted by Gasteiger charge is -2.38. The first-order chi connectivity index (χ1) is 15.2. The van der Waals surface area contributed by atoms with Gasteiger partial charge in [-0.25, -0.2) is 0 Å². The van der Waals surface area contributed by atoms with Crippen molar-refractivity contribution in [3.63, 3.8) is 0 Å². The number of amides is 2. The number of nitrogens with zero attached hydrogens (tertiary/aromatic N) is 4. The first kappa shape index (κ1) is 27.1. The van der Waals surface area contributed by atoms with Crippen LogP contribution in [-0.2, 0) is 9.59 Å². The third kappa shape index (κ3) is 9.78. The topological polar surface area (TPSA) is 40.6 Å². The summed E-state index contributed by atoms with van der Waals surface area (Å²) in [5, 5.41) is 0. The zero-order valence-corrected chi connectivity index (χ0v) is 21.7. The second-order valence-corrected chi connectivity index (χ2v) is 11.2. The Labute approximate surface area is 198 Å². The second-order valence-electron chi connectivity index (χ2n) is 11.2. The maximum Gasteiger partial charge on any atom is 0.227 e. The summed E-state index contributed by atoms with van der Waals surface area (Å²) < 4.78 is 2.15. The van der Waals surface area contributed by atoms with Crippen LogP contribution in [0.25, 0.3) is 0 Å². The predicted molar refractivity (Wildman–Crippen MR) is 132 cm³/mol. The third-order valence-corrected chi connectivity index (χ3v) is 8.11. The van der Waals surface area contributed by atoms with Crippen molar-refractivity contribution < 1.29 is 18.6 Å². The van der Waals surface area contributed by atoms with Gasteiger partial charge < -0.3 is 18.8 Å². The predicted octanol–water partition coefficient (Wildman–Crippen LogP) is 3.50. The van der Waals surface area contributed by atoms with E-state index in [4.69, 9.17) is 0 Å². The van der Waals surface area contributed by atoms with E-state index < -0.39 is 0 Å². The molecule has 0 aromatic carbocycles. The van der Waals surface area contributed by atoms with Crippen molar-refractivity contribution in [3.05, 3.63) is 0 Å². The van der Waals surface area contributed by atoms with Crippen LogP contribution in [0.4, 0.5) is 0 Å². The molecule has 0 aliphatic carbocycles. The van der Waals surface area contributed by atoms with Crippen LogP contribution in [0, 0.1) is 0 Å². The van der Waals surface area contributed by atoms with Gasteiger partial charge in [-0.1, -0.05) is 12.8 Å². The van der Waals surface area contributed by atoms with E-state index in [2.05, 4.69) is 14.1 Å². The number of likely N-dealkylation sites (tertiary alicyclic amines) is 2. The number of unbranched alkanes of at least 4 members (excludes halogenated alkanes) is 3. The van der Waals surface area contributed by atoms with E-state index in [9.17, 15) is 9.59 Å². The lowest BCUT2D eigenvalue weighted by Crippen LogP contribution is -2.49. The summed E-state index contributed by atoms with van der Waals surface area (Å²) in [5.41, 5.74) is 0. The smallest absolute Gasteiger partial charge is 0.227 e. The molecule has 2 heterocycles. The van der Waals surface area contributed by atoms with E-state index in [1.54, 1.807) is 0 Å². The van der Waals surface area contributed by atoms with Gasteiger partial charge in [-0.3, -0.25) is 9.59 Å². The lowest BCUT2D eigenvalue weighted by molar-refractivity contribution is -0.913. The third-order valence-electron chi connectivity index (χ3n) is 8.11. The molecule has 2 aliphatic heterocycles. The largest absolute Gasteiger partial charge is 0.346 e. The molecule has 0 atom stereocenters. The average Bonchev–Trinajstić information content (AvgIpc) is 2.79. The molecule has 32 heavy (non-hydrogen) atoms. The van der Waals surface area contributed by atoms with E-state index in [1.165, 1.54) is 64.7 Å². The van der Waals surface area contributed by atoms with Crippen LogP contribution in [-0.4, -0.2) is 111 Å². The molecule has 0 N–H and O–H groups in total. The molecule has 2 saturated heterocycles. The van der Waals surface area contributed by atoms with Crippen molar-refractivity contribution in [2.24, 2.45) is 0 Å². The normalized spacial score (nSPS) is 20.0. The lowest BCUT2D eigenvalue weighted by atomic mass is 10.1. The minimum Gasteiger partial charge on any atom is -0.346 e. The molecule has 0 bridgehead atoms. The first-order valence-electron chi connectivity index (χ1n) is 13.4. The van der Waals surface area contributed by atoms with Gasteiger partial charge in [-0.15, -0.1) is 0 Å². The highest BCUT2D eigenvalue weighted by Crippen LogP contribution is 2.18. The molecule has 2 rings (SSSR count). The van der Waals surface area contributed by atoms with Gasteiger partial charge in [0.2, 0.25) is 11.8 Å². The fourth-order valence-electron chi connectivity index (χ4n) is 5.41. The summed E-state index contributed by atoms with van der Waals surface area (Å²) >= 11 is 0. The number of quaternary nitrogens is 2. The van der Waals surface area contributed by atoms with Gasteiger partial charge in [0.15, 0.2) is 0 Å². The van der Waals surface area contributed by atoms with Crippen LogP contribution in [0.5, 0.6) is 0 Å². The number of carbonyl (C=O) groups is 2. The van der Waals surface area contributed by atoms with Gasteiger partial charge in [-0.05, 0) is 51.4 Å². The average molecular weight is 453 g/mol. The number of hydrogen-bond donors (Lipinski definition) is 0. The first-order valence-corrected chi connectivity index (χ1v) is 13.4. The highest BCUT2D eigenvalue weighted by Gasteiger charge is 2.27. The van der Waals surface area contributed by atoms with E-state index in [-0.39, 0.29) is 0 Å². The molecule has 186 valence electrons. The number of piperidine rings is 2. The maximum atomic E-state index is 12.5. The Morgan fingerprint density at radius 2 is 0.938 bits per heavy atom. The zero-order chi connectivity index (χ0) is 23.5. The summed E-state index contributed by atoms with van der Waals surface area (Å²) in [5.74, 6) is 0.593. The molecule has 0 unspecified atom stereocenters. The molecule has 2 fully saturated rings. The monoisotopic (exact) mass is 452 g/mol. The maximum absolute atomic E-state index is 12.5. The Morgan fingerprint density at radius 1 is 0.594 bits per heavy atom. The Morgan fingerprint density at radius 3 is 1.28 bits per heavy atom. The van der Waals surface area contributed by atoms with Gasteiger partial charge in [0.05, 0.1) is 66.2 Å². The van der Waals surface area contributed by atoms with E-state index >= 15 is 0 Å². The van der Waals surface area contributed by atoms with Gasteiger partial charge in [0.1, 0.15) is 0 Å². The van der Waals surface area contributed by atoms with Crippen molar-refractivity contribution >= 4 is 11.8 Å². The molecule has 6 nitrogen and oxygen atoms in total. The summed E-state index contributed by atoms with van der Waals surface area (Å²) in [6.45, 7) is 8.60. The van der Waals surface area contributed by atoms with Crippen molar-refractivity contribution in [3.8, 4) is 0 Å². The highest BCUT2D eigenvalue weighted by atomic mass is 16.2. The van der Waals surface area contributed by atoms with Gasteiger partial charge >= 0.3 is 0 Å². The summed E-state index contributed by atoms with van der Waals surface area (Å²) in [6, 6.07) is 0. The Hall–Kier alpha value is -1.14. The molecular formula is C26H52N4O2+2. The van der Waals surface area contributed by atoms with Crippen molar-refractivity contribution in [2.45, 2.75) is 77.0 Å². The van der Waals surface area contributed by atoms with Crippen molar-refractivity contribution in [1.82, 2.24) is 9.80 Å². The molecule has 0 aromatic heterocycles. The molecule has 2 amide bonds. The fourth-order valence-corrected chi connectivity index (χ4v) is 5.41. The minimum atomic E-state index is 0.297. The van der Waals surface area contributed by atoms with E-state index in [1.807, 2.05) is 23.9 Å². The summed E-state index contributed by atoms with van der Waals surface area (Å²) in [4.78, 5) is 28.8. The number of rotatable bonds is 13. The van der Waals surface area contributed by atoms with Crippen LogP contribution >= 0.6 is 0 Å². The minimum absolute atomic E-state index is 0.297. The molecule has 0 saturated carbocycles. The standard InChI is InChI=1S/C26H52N4O2/c1-27(25(31)15-23-29(3)19-11-7-12-20-29)17-9-5-6-10-18-28(2)26(32)16-24-30(4)21-13-8-14-22-30/h5-24H2,1-4H3/q+2. The van der Waals surface area contributed by atoms with Crippen LogP contribution in [0.15, 0.2) is 0 Å². The van der Waals surface area contributed by atoms with Crippen LogP contribution in [0.3, 0.4) is 0 Å². The quantitative estimate of drug-likeness (QED) is 0.317. The molecule has 0 aromatic rings. The van der Waals surface area contributed by atoms with Gasteiger partial charge in [0, 0.05) is 27.2 Å². The highest BCUT2D eigenvalue weighted by molar-refractivity contribution is 5.76.